The van der Waals surface area contributed by atoms with E-state index in [0.29, 0.717) is 11.4 Å². The molecule has 0 radical (unpaired) electrons. The molecule has 3 amide bonds. The summed E-state index contributed by atoms with van der Waals surface area (Å²) in [5.74, 6) is 0.460. The molecule has 2 aromatic carbocycles. The molecule has 33 heavy (non-hydrogen) atoms. The van der Waals surface area contributed by atoms with E-state index in [2.05, 4.69) is 15.5 Å². The number of carbonyl (C=O) groups is 3. The average molecular weight is 471 g/mol. The van der Waals surface area contributed by atoms with Gasteiger partial charge in [0.2, 0.25) is 5.91 Å². The number of hydrogen-bond acceptors (Lipinski definition) is 5. The number of ketones is 1. The van der Waals surface area contributed by atoms with Crippen LogP contribution in [0.1, 0.15) is 18.4 Å². The van der Waals surface area contributed by atoms with E-state index >= 15 is 0 Å². The SMILES string of the molecule is Cc1cc(OC2CCN(CC(=O)CNC(=O)N3CC(=O)Nc4ccccc43)CC2)ccc1Cl. The first-order chi connectivity index (χ1) is 15.9. The number of aryl methyl sites for hydroxylation is 1. The van der Waals surface area contributed by atoms with Gasteiger partial charge in [0.25, 0.3) is 0 Å². The lowest BCUT2D eigenvalue weighted by molar-refractivity contribution is -0.119. The second-order valence-corrected chi connectivity index (χ2v) is 8.76. The maximum Gasteiger partial charge on any atom is 0.322 e. The molecule has 9 heteroatoms. The minimum atomic E-state index is -0.462. The van der Waals surface area contributed by atoms with Gasteiger partial charge in [0.15, 0.2) is 5.78 Å². The van der Waals surface area contributed by atoms with E-state index in [-0.39, 0.29) is 37.4 Å². The van der Waals surface area contributed by atoms with Crippen LogP contribution < -0.4 is 20.3 Å². The number of fused-ring (bicyclic) bond motifs is 1. The summed E-state index contributed by atoms with van der Waals surface area (Å²) in [4.78, 5) is 40.4. The zero-order valence-electron chi connectivity index (χ0n) is 18.5. The number of likely N-dealkylation sites (tertiary alicyclic amines) is 1. The standard InChI is InChI=1S/C24H27ClN4O4/c1-16-12-19(6-7-20(16)25)33-18-8-10-28(11-9-18)14-17(30)13-26-24(32)29-15-23(31)27-21-4-2-3-5-22(21)29/h2-7,12,18H,8-11,13-15H2,1H3,(H,26,32)(H,27,31). The number of nitrogens with zero attached hydrogens (tertiary/aromatic N) is 2. The van der Waals surface area contributed by atoms with E-state index in [1.165, 1.54) is 4.90 Å². The Bertz CT molecular complexity index is 1050. The predicted octanol–water partition coefficient (Wildman–Crippen LogP) is 3.23. The lowest BCUT2D eigenvalue weighted by atomic mass is 10.1. The number of para-hydroxylation sites is 2. The van der Waals surface area contributed by atoms with Crippen molar-refractivity contribution in [2.75, 3.05) is 42.9 Å². The number of ether oxygens (including phenoxy) is 1. The van der Waals surface area contributed by atoms with Crippen molar-refractivity contribution in [2.45, 2.75) is 25.9 Å². The Labute approximate surface area is 197 Å². The first-order valence-electron chi connectivity index (χ1n) is 11.0. The number of amides is 3. The van der Waals surface area contributed by atoms with Gasteiger partial charge >= 0.3 is 6.03 Å². The first kappa shape index (κ1) is 23.1. The molecule has 2 aliphatic heterocycles. The number of Topliss-reactive ketones (excluding diaryl/α,β-unsaturated/α-hetero) is 1. The van der Waals surface area contributed by atoms with Gasteiger partial charge in [0.05, 0.1) is 24.5 Å². The second-order valence-electron chi connectivity index (χ2n) is 8.35. The number of anilines is 2. The molecular formula is C24H27ClN4O4. The molecule has 0 unspecified atom stereocenters. The molecule has 0 saturated carbocycles. The third kappa shape index (κ3) is 5.83. The minimum Gasteiger partial charge on any atom is -0.490 e. The van der Waals surface area contributed by atoms with Crippen LogP contribution in [0.25, 0.3) is 0 Å². The zero-order chi connectivity index (χ0) is 23.4. The molecule has 2 heterocycles. The van der Waals surface area contributed by atoms with E-state index in [4.69, 9.17) is 16.3 Å². The smallest absolute Gasteiger partial charge is 0.322 e. The Morgan fingerprint density at radius 1 is 1.18 bits per heavy atom. The highest BCUT2D eigenvalue weighted by Gasteiger charge is 2.27. The van der Waals surface area contributed by atoms with E-state index in [1.807, 2.05) is 25.1 Å². The van der Waals surface area contributed by atoms with Gasteiger partial charge in [-0.2, -0.15) is 0 Å². The highest BCUT2D eigenvalue weighted by molar-refractivity contribution is 6.31. The quantitative estimate of drug-likeness (QED) is 0.676. The maximum atomic E-state index is 12.6. The summed E-state index contributed by atoms with van der Waals surface area (Å²) in [6.07, 6.45) is 1.74. The Hall–Kier alpha value is -3.10. The lowest BCUT2D eigenvalue weighted by Crippen LogP contribution is -2.49. The van der Waals surface area contributed by atoms with Gasteiger partial charge in [-0.3, -0.25) is 19.4 Å². The van der Waals surface area contributed by atoms with Crippen LogP contribution in [0.3, 0.4) is 0 Å². The summed E-state index contributed by atoms with van der Waals surface area (Å²) in [6.45, 7) is 3.54. The summed E-state index contributed by atoms with van der Waals surface area (Å²) in [5.41, 5.74) is 2.17. The van der Waals surface area contributed by atoms with Gasteiger partial charge in [-0.1, -0.05) is 23.7 Å². The maximum absolute atomic E-state index is 12.6. The topological polar surface area (TPSA) is 91.0 Å². The van der Waals surface area contributed by atoms with Gasteiger partial charge in [-0.15, -0.1) is 0 Å². The van der Waals surface area contributed by atoms with Crippen LogP contribution in [-0.2, 0) is 9.59 Å². The fourth-order valence-electron chi connectivity index (χ4n) is 4.06. The summed E-state index contributed by atoms with van der Waals surface area (Å²) >= 11 is 6.07. The lowest BCUT2D eigenvalue weighted by Gasteiger charge is -2.32. The highest BCUT2D eigenvalue weighted by atomic mass is 35.5. The van der Waals surface area contributed by atoms with Crippen LogP contribution in [0.4, 0.5) is 16.2 Å². The molecule has 0 aliphatic carbocycles. The Kier molecular flexibility index (Phi) is 7.15. The van der Waals surface area contributed by atoms with Crippen molar-refractivity contribution in [3.05, 3.63) is 53.1 Å². The van der Waals surface area contributed by atoms with Crippen molar-refractivity contribution in [3.63, 3.8) is 0 Å². The van der Waals surface area contributed by atoms with Crippen LogP contribution in [0.5, 0.6) is 5.75 Å². The molecule has 1 saturated heterocycles. The fraction of sp³-hybridized carbons (Fsp3) is 0.375. The van der Waals surface area contributed by atoms with Crippen LogP contribution in [0.15, 0.2) is 42.5 Å². The number of carbonyl (C=O) groups excluding carboxylic acids is 3. The fourth-order valence-corrected chi connectivity index (χ4v) is 4.18. The van der Waals surface area contributed by atoms with Gasteiger partial charge in [-0.25, -0.2) is 4.79 Å². The molecule has 0 atom stereocenters. The second kappa shape index (κ2) is 10.2. The summed E-state index contributed by atoms with van der Waals surface area (Å²) in [5, 5.41) is 6.11. The first-order valence-corrected chi connectivity index (χ1v) is 11.4. The minimum absolute atomic E-state index is 0.0780. The van der Waals surface area contributed by atoms with Gasteiger partial charge in [-0.05, 0) is 55.7 Å². The van der Waals surface area contributed by atoms with Gasteiger partial charge in [0.1, 0.15) is 18.4 Å². The predicted molar refractivity (Wildman–Crippen MR) is 127 cm³/mol. The van der Waals surface area contributed by atoms with Gasteiger partial charge < -0.3 is 15.4 Å². The van der Waals surface area contributed by atoms with Crippen LogP contribution in [0.2, 0.25) is 5.02 Å². The van der Waals surface area contributed by atoms with Crippen LogP contribution >= 0.6 is 11.6 Å². The number of piperidine rings is 1. The van der Waals surface area contributed by atoms with E-state index in [0.717, 1.165) is 42.3 Å². The Balaban J connectivity index is 1.21. The molecule has 1 fully saturated rings. The largest absolute Gasteiger partial charge is 0.490 e. The number of hydrogen-bond donors (Lipinski definition) is 2. The third-order valence-electron chi connectivity index (χ3n) is 5.82. The number of nitrogens with one attached hydrogen (secondary N) is 2. The van der Waals surface area contributed by atoms with Crippen molar-refractivity contribution in [2.24, 2.45) is 0 Å². The van der Waals surface area contributed by atoms with Crippen molar-refractivity contribution in [1.29, 1.82) is 0 Å². The van der Waals surface area contributed by atoms with E-state index < -0.39 is 6.03 Å². The van der Waals surface area contributed by atoms with Crippen LogP contribution in [0, 0.1) is 6.92 Å². The molecule has 8 nitrogen and oxygen atoms in total. The molecule has 4 rings (SSSR count). The van der Waals surface area contributed by atoms with E-state index in [1.54, 1.807) is 24.3 Å². The average Bonchev–Trinajstić information content (AvgIpc) is 2.80. The Morgan fingerprint density at radius 2 is 1.94 bits per heavy atom. The molecule has 2 aromatic rings. The molecule has 2 N–H and O–H groups in total. The summed E-state index contributed by atoms with van der Waals surface area (Å²) in [7, 11) is 0. The summed E-state index contributed by atoms with van der Waals surface area (Å²) < 4.78 is 6.06. The molecule has 0 bridgehead atoms. The zero-order valence-corrected chi connectivity index (χ0v) is 19.2. The number of rotatable bonds is 6. The number of halogens is 1. The monoisotopic (exact) mass is 470 g/mol. The van der Waals surface area contributed by atoms with E-state index in [9.17, 15) is 14.4 Å². The highest BCUT2D eigenvalue weighted by Crippen LogP contribution is 2.28. The van der Waals surface area contributed by atoms with Gasteiger partial charge in [0, 0.05) is 18.1 Å². The molecule has 174 valence electrons. The normalized spacial score (nSPS) is 16.7. The van der Waals surface area contributed by atoms with Crippen molar-refractivity contribution in [1.82, 2.24) is 10.2 Å². The molecule has 2 aliphatic rings. The van der Waals surface area contributed by atoms with Crippen LogP contribution in [-0.4, -0.2) is 61.4 Å². The molecular weight excluding hydrogens is 444 g/mol. The van der Waals surface area contributed by atoms with Crippen molar-refractivity contribution in [3.8, 4) is 5.75 Å². The van der Waals surface area contributed by atoms with Crippen molar-refractivity contribution >= 4 is 40.7 Å². The number of urea groups is 1. The Morgan fingerprint density at radius 3 is 2.70 bits per heavy atom. The van der Waals surface area contributed by atoms with Crippen molar-refractivity contribution < 1.29 is 19.1 Å². The number of benzene rings is 2. The summed E-state index contributed by atoms with van der Waals surface area (Å²) in [6, 6.07) is 12.3. The molecule has 0 aromatic heterocycles. The third-order valence-corrected chi connectivity index (χ3v) is 6.24. The molecule has 0 spiro atoms.